The number of hydrogen-bond donors (Lipinski definition) is 2. The van der Waals surface area contributed by atoms with E-state index in [-0.39, 0.29) is 6.04 Å². The highest BCUT2D eigenvalue weighted by molar-refractivity contribution is 7.16. The highest BCUT2D eigenvalue weighted by Crippen LogP contribution is 2.33. The number of halogens is 2. The topological polar surface area (TPSA) is 51.2 Å². The van der Waals surface area contributed by atoms with E-state index in [4.69, 9.17) is 33.5 Å². The summed E-state index contributed by atoms with van der Waals surface area (Å²) in [5, 5.41) is 1.63. The van der Waals surface area contributed by atoms with Gasteiger partial charge in [0.2, 0.25) is 0 Å². The minimum atomic E-state index is -0.219. The van der Waals surface area contributed by atoms with Crippen LogP contribution in [0, 0.1) is 0 Å². The Balaban J connectivity index is 2.06. The Morgan fingerprint density at radius 3 is 2.68 bits per heavy atom. The SMILES string of the molecule is NNC(c1cc2cc(Cl)ccc2o1)c1ccc(Cl)s1. The van der Waals surface area contributed by atoms with Crippen molar-refractivity contribution in [3.05, 3.63) is 56.4 Å². The number of furan rings is 1. The molecule has 6 heteroatoms. The van der Waals surface area contributed by atoms with Crippen LogP contribution in [-0.2, 0) is 0 Å². The summed E-state index contributed by atoms with van der Waals surface area (Å²) in [6.45, 7) is 0. The molecule has 1 aromatic carbocycles. The van der Waals surface area contributed by atoms with Crippen molar-refractivity contribution in [2.45, 2.75) is 6.04 Å². The molecule has 3 nitrogen and oxygen atoms in total. The van der Waals surface area contributed by atoms with Crippen molar-refractivity contribution in [2.24, 2.45) is 5.84 Å². The number of fused-ring (bicyclic) bond motifs is 1. The predicted molar refractivity (Wildman–Crippen MR) is 79.7 cm³/mol. The molecule has 1 unspecified atom stereocenters. The van der Waals surface area contributed by atoms with Gasteiger partial charge in [0.05, 0.1) is 4.34 Å². The summed E-state index contributed by atoms with van der Waals surface area (Å²) in [6, 6.07) is 11.0. The summed E-state index contributed by atoms with van der Waals surface area (Å²) in [6.07, 6.45) is 0. The molecule has 0 saturated heterocycles. The van der Waals surface area contributed by atoms with E-state index in [0.717, 1.165) is 25.9 Å². The molecule has 3 aromatic rings. The highest BCUT2D eigenvalue weighted by Gasteiger charge is 2.19. The zero-order valence-electron chi connectivity index (χ0n) is 9.69. The largest absolute Gasteiger partial charge is 0.459 e. The van der Waals surface area contributed by atoms with Crippen LogP contribution in [0.3, 0.4) is 0 Å². The predicted octanol–water partition coefficient (Wildman–Crippen LogP) is 4.35. The zero-order chi connectivity index (χ0) is 13.4. The van der Waals surface area contributed by atoms with E-state index in [1.165, 1.54) is 11.3 Å². The van der Waals surface area contributed by atoms with Gasteiger partial charge in [0, 0.05) is 15.3 Å². The van der Waals surface area contributed by atoms with E-state index < -0.39 is 0 Å². The molecule has 19 heavy (non-hydrogen) atoms. The molecule has 0 aliphatic carbocycles. The average molecular weight is 313 g/mol. The van der Waals surface area contributed by atoms with Crippen molar-refractivity contribution in [3.8, 4) is 0 Å². The average Bonchev–Trinajstić information content (AvgIpc) is 2.96. The van der Waals surface area contributed by atoms with Gasteiger partial charge in [-0.05, 0) is 36.4 Å². The monoisotopic (exact) mass is 312 g/mol. The van der Waals surface area contributed by atoms with E-state index >= 15 is 0 Å². The summed E-state index contributed by atoms with van der Waals surface area (Å²) in [7, 11) is 0. The third kappa shape index (κ3) is 2.50. The maximum absolute atomic E-state index is 5.96. The molecule has 0 aliphatic rings. The second-order valence-corrected chi connectivity index (χ2v) is 6.26. The lowest BCUT2D eigenvalue weighted by Crippen LogP contribution is -2.27. The molecule has 3 N–H and O–H groups in total. The molecule has 0 amide bonds. The Morgan fingerprint density at radius 1 is 1.16 bits per heavy atom. The molecule has 1 atom stereocenters. The van der Waals surface area contributed by atoms with Gasteiger partial charge in [-0.15, -0.1) is 11.3 Å². The third-order valence-corrected chi connectivity index (χ3v) is 4.36. The van der Waals surface area contributed by atoms with E-state index in [1.807, 2.05) is 30.3 Å². The van der Waals surface area contributed by atoms with E-state index in [9.17, 15) is 0 Å². The zero-order valence-corrected chi connectivity index (χ0v) is 12.0. The second-order valence-electron chi connectivity index (χ2n) is 4.07. The number of benzene rings is 1. The first-order valence-corrected chi connectivity index (χ1v) is 7.15. The first-order chi connectivity index (χ1) is 9.17. The molecule has 3 rings (SSSR count). The number of nitrogens with one attached hydrogen (secondary N) is 1. The molecule has 2 heterocycles. The van der Waals surface area contributed by atoms with Crippen LogP contribution >= 0.6 is 34.5 Å². The summed E-state index contributed by atoms with van der Waals surface area (Å²) in [5.41, 5.74) is 3.53. The van der Waals surface area contributed by atoms with Gasteiger partial charge in [-0.1, -0.05) is 23.2 Å². The van der Waals surface area contributed by atoms with Crippen LogP contribution in [0.1, 0.15) is 16.7 Å². The van der Waals surface area contributed by atoms with Crippen LogP contribution in [0.25, 0.3) is 11.0 Å². The van der Waals surface area contributed by atoms with Crippen LogP contribution in [0.4, 0.5) is 0 Å². The Morgan fingerprint density at radius 2 is 2.00 bits per heavy atom. The Hall–Kier alpha value is -1.04. The van der Waals surface area contributed by atoms with Gasteiger partial charge in [0.25, 0.3) is 0 Å². The molecule has 0 spiro atoms. The molecule has 0 fully saturated rings. The fraction of sp³-hybridized carbons (Fsp3) is 0.0769. The first kappa shape index (κ1) is 13.0. The van der Waals surface area contributed by atoms with Gasteiger partial charge in [0.1, 0.15) is 17.4 Å². The Kier molecular flexibility index (Phi) is 3.52. The number of hydrogen-bond acceptors (Lipinski definition) is 4. The van der Waals surface area contributed by atoms with Gasteiger partial charge in [-0.25, -0.2) is 5.43 Å². The van der Waals surface area contributed by atoms with E-state index in [2.05, 4.69) is 5.43 Å². The van der Waals surface area contributed by atoms with Crippen LogP contribution in [0.5, 0.6) is 0 Å². The maximum Gasteiger partial charge on any atom is 0.134 e. The smallest absolute Gasteiger partial charge is 0.134 e. The lowest BCUT2D eigenvalue weighted by Gasteiger charge is -2.10. The van der Waals surface area contributed by atoms with Gasteiger partial charge in [0.15, 0.2) is 0 Å². The standard InChI is InChI=1S/C13H10Cl2N2OS/c14-8-1-2-9-7(5-8)6-10(18-9)13(17-16)11-3-4-12(15)19-11/h1-6,13,17H,16H2. The third-order valence-electron chi connectivity index (χ3n) is 2.83. The minimum absolute atomic E-state index is 0.219. The summed E-state index contributed by atoms with van der Waals surface area (Å²) >= 11 is 13.4. The van der Waals surface area contributed by atoms with Crippen molar-refractivity contribution in [1.82, 2.24) is 5.43 Å². The van der Waals surface area contributed by atoms with Crippen LogP contribution in [0.2, 0.25) is 9.36 Å². The molecule has 0 bridgehead atoms. The molecule has 0 saturated carbocycles. The number of rotatable bonds is 3. The fourth-order valence-corrected chi connectivity index (χ4v) is 3.28. The van der Waals surface area contributed by atoms with Crippen LogP contribution in [-0.4, -0.2) is 0 Å². The van der Waals surface area contributed by atoms with Gasteiger partial charge in [-0.3, -0.25) is 5.84 Å². The summed E-state index contributed by atoms with van der Waals surface area (Å²) in [5.74, 6) is 6.36. The lowest BCUT2D eigenvalue weighted by molar-refractivity contribution is 0.481. The van der Waals surface area contributed by atoms with Gasteiger partial charge < -0.3 is 4.42 Å². The molecule has 0 radical (unpaired) electrons. The Labute approximate surface area is 123 Å². The van der Waals surface area contributed by atoms with E-state index in [1.54, 1.807) is 6.07 Å². The van der Waals surface area contributed by atoms with Crippen molar-refractivity contribution >= 4 is 45.5 Å². The normalized spacial score (nSPS) is 13.0. The second kappa shape index (κ2) is 5.15. The van der Waals surface area contributed by atoms with Crippen molar-refractivity contribution in [1.29, 1.82) is 0 Å². The van der Waals surface area contributed by atoms with E-state index in [0.29, 0.717) is 5.02 Å². The first-order valence-electron chi connectivity index (χ1n) is 5.58. The quantitative estimate of drug-likeness (QED) is 0.558. The molecule has 98 valence electrons. The number of nitrogens with two attached hydrogens (primary N) is 1. The minimum Gasteiger partial charge on any atom is -0.459 e. The van der Waals surface area contributed by atoms with Crippen molar-refractivity contribution < 1.29 is 4.42 Å². The lowest BCUT2D eigenvalue weighted by atomic mass is 10.2. The van der Waals surface area contributed by atoms with Gasteiger partial charge in [-0.2, -0.15) is 0 Å². The molecular weight excluding hydrogens is 303 g/mol. The van der Waals surface area contributed by atoms with Crippen molar-refractivity contribution in [3.63, 3.8) is 0 Å². The fourth-order valence-electron chi connectivity index (χ4n) is 1.96. The Bertz CT molecular complexity index is 722. The van der Waals surface area contributed by atoms with Crippen LogP contribution < -0.4 is 11.3 Å². The highest BCUT2D eigenvalue weighted by atomic mass is 35.5. The maximum atomic E-state index is 5.96. The molecular formula is C13H10Cl2N2OS. The molecule has 2 aromatic heterocycles. The van der Waals surface area contributed by atoms with Crippen LogP contribution in [0.15, 0.2) is 40.8 Å². The van der Waals surface area contributed by atoms with Gasteiger partial charge >= 0.3 is 0 Å². The number of thiophene rings is 1. The number of hydrazine groups is 1. The summed E-state index contributed by atoms with van der Waals surface area (Å²) in [4.78, 5) is 0.998. The van der Waals surface area contributed by atoms with Crippen molar-refractivity contribution in [2.75, 3.05) is 0 Å². The molecule has 0 aliphatic heterocycles. The summed E-state index contributed by atoms with van der Waals surface area (Å²) < 4.78 is 6.52.